The van der Waals surface area contributed by atoms with Crippen molar-refractivity contribution < 1.29 is 4.74 Å². The molecule has 132 valence electrons. The molecule has 1 aliphatic rings. The maximum absolute atomic E-state index is 11.9. The smallest absolute Gasteiger partial charge is 0.251 e. The quantitative estimate of drug-likeness (QED) is 0.876. The zero-order valence-corrected chi connectivity index (χ0v) is 16.1. The fourth-order valence-corrected chi connectivity index (χ4v) is 4.27. The van der Waals surface area contributed by atoms with Crippen LogP contribution in [0.5, 0.6) is 0 Å². The summed E-state index contributed by atoms with van der Waals surface area (Å²) in [4.78, 5) is 19.9. The molecule has 1 N–H and O–H groups in total. The minimum absolute atomic E-state index is 0. The van der Waals surface area contributed by atoms with E-state index in [2.05, 4.69) is 22.0 Å². The number of rotatable bonds is 5. The number of hydrogen-bond acceptors (Lipinski definition) is 4. The first kappa shape index (κ1) is 19.2. The van der Waals surface area contributed by atoms with Gasteiger partial charge in [0.25, 0.3) is 5.56 Å². The number of thiophene rings is 1. The van der Waals surface area contributed by atoms with Gasteiger partial charge in [-0.3, -0.25) is 9.69 Å². The third-order valence-electron chi connectivity index (χ3n) is 4.57. The van der Waals surface area contributed by atoms with Crippen molar-refractivity contribution in [3.63, 3.8) is 0 Å². The van der Waals surface area contributed by atoms with E-state index in [1.54, 1.807) is 7.11 Å². The Morgan fingerprint density at radius 1 is 1.42 bits per heavy atom. The number of H-pyrrole nitrogens is 1. The van der Waals surface area contributed by atoms with Gasteiger partial charge in [-0.25, -0.2) is 0 Å². The van der Waals surface area contributed by atoms with Crippen LogP contribution >= 0.6 is 23.7 Å². The van der Waals surface area contributed by atoms with E-state index in [1.165, 1.54) is 9.75 Å². The summed E-state index contributed by atoms with van der Waals surface area (Å²) < 4.78 is 5.43. The fraction of sp³-hybridized carbons (Fsp3) is 0.500. The molecule has 1 saturated heterocycles. The van der Waals surface area contributed by atoms with E-state index in [-0.39, 0.29) is 18.0 Å². The monoisotopic (exact) mass is 368 g/mol. The van der Waals surface area contributed by atoms with Gasteiger partial charge in [0.05, 0.1) is 6.10 Å². The highest BCUT2D eigenvalue weighted by Gasteiger charge is 2.22. The van der Waals surface area contributed by atoms with Gasteiger partial charge in [0.15, 0.2) is 0 Å². The first-order valence-electron chi connectivity index (χ1n) is 8.17. The van der Waals surface area contributed by atoms with E-state index in [9.17, 15) is 4.79 Å². The molecule has 0 bridgehead atoms. The third kappa shape index (κ3) is 4.09. The van der Waals surface area contributed by atoms with E-state index in [0.29, 0.717) is 6.10 Å². The Kier molecular flexibility index (Phi) is 6.63. The molecule has 1 unspecified atom stereocenters. The molecule has 0 radical (unpaired) electrons. The van der Waals surface area contributed by atoms with Crippen molar-refractivity contribution in [3.05, 3.63) is 44.7 Å². The van der Waals surface area contributed by atoms with Crippen LogP contribution in [0.25, 0.3) is 10.4 Å². The van der Waals surface area contributed by atoms with Gasteiger partial charge in [0.2, 0.25) is 0 Å². The fourth-order valence-electron chi connectivity index (χ4n) is 3.15. The minimum Gasteiger partial charge on any atom is -0.380 e. The van der Waals surface area contributed by atoms with Crippen molar-refractivity contribution in [2.75, 3.05) is 20.2 Å². The van der Waals surface area contributed by atoms with Crippen molar-refractivity contribution in [2.24, 2.45) is 0 Å². The first-order chi connectivity index (χ1) is 11.1. The van der Waals surface area contributed by atoms with Crippen molar-refractivity contribution in [1.82, 2.24) is 9.88 Å². The lowest BCUT2D eigenvalue weighted by atomic mass is 10.1. The molecule has 6 heteroatoms. The van der Waals surface area contributed by atoms with Gasteiger partial charge >= 0.3 is 0 Å². The highest BCUT2D eigenvalue weighted by Crippen LogP contribution is 2.31. The Balaban J connectivity index is 0.00000208. The zero-order valence-electron chi connectivity index (χ0n) is 14.4. The predicted octanol–water partition coefficient (Wildman–Crippen LogP) is 3.62. The van der Waals surface area contributed by atoms with E-state index in [0.717, 1.165) is 49.3 Å². The average Bonchev–Trinajstić information content (AvgIpc) is 3.17. The maximum atomic E-state index is 11.9. The highest BCUT2D eigenvalue weighted by molar-refractivity contribution is 7.15. The number of aromatic nitrogens is 1. The lowest BCUT2D eigenvalue weighted by Crippen LogP contribution is -2.21. The van der Waals surface area contributed by atoms with Crippen molar-refractivity contribution in [2.45, 2.75) is 39.3 Å². The number of aryl methyl sites for hydroxylation is 2. The number of methoxy groups -OCH3 is 1. The molecule has 2 aromatic rings. The van der Waals surface area contributed by atoms with E-state index < -0.39 is 0 Å². The molecule has 4 nitrogen and oxygen atoms in total. The van der Waals surface area contributed by atoms with Crippen LogP contribution in [0.1, 0.15) is 29.5 Å². The molecule has 3 rings (SSSR count). The second-order valence-electron chi connectivity index (χ2n) is 6.16. The Labute approximate surface area is 153 Å². The largest absolute Gasteiger partial charge is 0.380 e. The number of likely N-dealkylation sites (tertiary alicyclic amines) is 1. The Morgan fingerprint density at radius 2 is 2.21 bits per heavy atom. The third-order valence-corrected chi connectivity index (χ3v) is 5.67. The van der Waals surface area contributed by atoms with Crippen LogP contribution < -0.4 is 5.56 Å². The number of nitrogens with one attached hydrogen (secondary N) is 1. The predicted molar refractivity (Wildman–Crippen MR) is 102 cm³/mol. The molecule has 0 saturated carbocycles. The van der Waals surface area contributed by atoms with Crippen LogP contribution in [0.2, 0.25) is 0 Å². The number of aromatic amines is 1. The Hall–Kier alpha value is -1.14. The molecule has 2 aromatic heterocycles. The normalized spacial score (nSPS) is 17.9. The summed E-state index contributed by atoms with van der Waals surface area (Å²) in [7, 11) is 1.79. The molecule has 1 fully saturated rings. The summed E-state index contributed by atoms with van der Waals surface area (Å²) in [6.45, 7) is 7.08. The summed E-state index contributed by atoms with van der Waals surface area (Å²) in [6.07, 6.45) is 2.25. The summed E-state index contributed by atoms with van der Waals surface area (Å²) in [6, 6.07) is 6.42. The standard InChI is InChI=1S/C18H24N2O2S.ClH/c1-4-13-9-16(12(2)19-18(13)21)17-6-5-15(23-17)11-20-8-7-14(10-20)22-3;/h5-6,9,14H,4,7-8,10-11H2,1-3H3,(H,19,21);1H. The Bertz CT molecular complexity index is 741. The second-order valence-corrected chi connectivity index (χ2v) is 7.33. The summed E-state index contributed by atoms with van der Waals surface area (Å²) in [5.74, 6) is 0. The molecule has 0 spiro atoms. The summed E-state index contributed by atoms with van der Waals surface area (Å²) in [5, 5.41) is 0. The molecule has 0 amide bonds. The van der Waals surface area contributed by atoms with Crippen LogP contribution in [-0.4, -0.2) is 36.2 Å². The van der Waals surface area contributed by atoms with E-state index >= 15 is 0 Å². The molecule has 1 atom stereocenters. The number of nitrogens with zero attached hydrogens (tertiary/aromatic N) is 1. The second kappa shape index (κ2) is 8.30. The minimum atomic E-state index is 0. The lowest BCUT2D eigenvalue weighted by molar-refractivity contribution is 0.107. The zero-order chi connectivity index (χ0) is 16.4. The summed E-state index contributed by atoms with van der Waals surface area (Å²) >= 11 is 1.82. The van der Waals surface area contributed by atoms with Gasteiger partial charge in [-0.2, -0.15) is 0 Å². The molecule has 0 aromatic carbocycles. The van der Waals surface area contributed by atoms with Gasteiger partial charge in [0, 0.05) is 53.3 Å². The van der Waals surface area contributed by atoms with Crippen LogP contribution in [0.3, 0.4) is 0 Å². The van der Waals surface area contributed by atoms with E-state index in [1.807, 2.05) is 31.3 Å². The average molecular weight is 369 g/mol. The maximum Gasteiger partial charge on any atom is 0.251 e. The molecule has 0 aliphatic carbocycles. The number of ether oxygens (including phenoxy) is 1. The van der Waals surface area contributed by atoms with Crippen LogP contribution in [0.4, 0.5) is 0 Å². The molecular weight excluding hydrogens is 344 g/mol. The number of hydrogen-bond donors (Lipinski definition) is 1. The first-order valence-corrected chi connectivity index (χ1v) is 8.99. The van der Waals surface area contributed by atoms with Gasteiger partial charge in [-0.05, 0) is 38.0 Å². The topological polar surface area (TPSA) is 45.3 Å². The van der Waals surface area contributed by atoms with Crippen LogP contribution in [0.15, 0.2) is 23.0 Å². The van der Waals surface area contributed by atoms with Gasteiger partial charge in [-0.15, -0.1) is 23.7 Å². The van der Waals surface area contributed by atoms with Crippen molar-refractivity contribution in [3.8, 4) is 10.4 Å². The van der Waals surface area contributed by atoms with E-state index in [4.69, 9.17) is 4.74 Å². The highest BCUT2D eigenvalue weighted by atomic mass is 35.5. The lowest BCUT2D eigenvalue weighted by Gasteiger charge is -2.14. The van der Waals surface area contributed by atoms with Crippen molar-refractivity contribution in [1.29, 1.82) is 0 Å². The number of pyridine rings is 1. The van der Waals surface area contributed by atoms with Crippen molar-refractivity contribution >= 4 is 23.7 Å². The number of halogens is 1. The van der Waals surface area contributed by atoms with Crippen LogP contribution in [-0.2, 0) is 17.7 Å². The SMILES string of the molecule is CCc1cc(-c2ccc(CN3CCC(OC)C3)s2)c(C)[nH]c1=O.Cl. The Morgan fingerprint density at radius 3 is 2.88 bits per heavy atom. The van der Waals surface area contributed by atoms with Crippen LogP contribution in [0, 0.1) is 6.92 Å². The van der Waals surface area contributed by atoms with Gasteiger partial charge < -0.3 is 9.72 Å². The van der Waals surface area contributed by atoms with Gasteiger partial charge in [-0.1, -0.05) is 6.92 Å². The molecule has 24 heavy (non-hydrogen) atoms. The summed E-state index contributed by atoms with van der Waals surface area (Å²) in [5.41, 5.74) is 2.98. The molecule has 1 aliphatic heterocycles. The van der Waals surface area contributed by atoms with Gasteiger partial charge in [0.1, 0.15) is 0 Å². The molecule has 3 heterocycles. The molecular formula is C18H25ClN2O2S.